The van der Waals surface area contributed by atoms with Crippen LogP contribution in [-0.4, -0.2) is 35.4 Å². The van der Waals surface area contributed by atoms with Crippen LogP contribution in [-0.2, 0) is 4.74 Å². The highest BCUT2D eigenvalue weighted by Gasteiger charge is 2.12. The molecule has 5 heteroatoms. The molecule has 5 nitrogen and oxygen atoms in total. The van der Waals surface area contributed by atoms with Gasteiger partial charge in [-0.15, -0.1) is 0 Å². The molecule has 0 bridgehead atoms. The smallest absolute Gasteiger partial charge is 0.254 e. The van der Waals surface area contributed by atoms with Gasteiger partial charge in [-0.2, -0.15) is 5.10 Å². The summed E-state index contributed by atoms with van der Waals surface area (Å²) in [6.07, 6.45) is 11.0. The van der Waals surface area contributed by atoms with Crippen molar-refractivity contribution in [1.29, 1.82) is 0 Å². The Morgan fingerprint density at radius 2 is 2.17 bits per heavy atom. The molecular formula is C13H21N3O2. The van der Waals surface area contributed by atoms with Crippen LogP contribution in [0.1, 0.15) is 48.9 Å². The zero-order valence-corrected chi connectivity index (χ0v) is 10.7. The van der Waals surface area contributed by atoms with Gasteiger partial charge < -0.3 is 10.1 Å². The van der Waals surface area contributed by atoms with Crippen LogP contribution < -0.4 is 5.32 Å². The Morgan fingerprint density at radius 1 is 1.39 bits per heavy atom. The van der Waals surface area contributed by atoms with E-state index in [1.807, 2.05) is 0 Å². The number of hydrogen-bond donors (Lipinski definition) is 2. The van der Waals surface area contributed by atoms with Gasteiger partial charge in [-0.05, 0) is 12.8 Å². The number of hydrogen-bond acceptors (Lipinski definition) is 3. The first-order chi connectivity index (χ1) is 8.86. The lowest BCUT2D eigenvalue weighted by molar-refractivity contribution is 0.0442. The van der Waals surface area contributed by atoms with E-state index in [0.717, 1.165) is 12.8 Å². The SMILES string of the molecule is O=C(NCCOC1CCCCCC1)c1cn[nH]c1. The Labute approximate surface area is 107 Å². The van der Waals surface area contributed by atoms with Crippen LogP contribution in [0.2, 0.25) is 0 Å². The van der Waals surface area contributed by atoms with Crippen molar-refractivity contribution in [2.75, 3.05) is 13.2 Å². The Morgan fingerprint density at radius 3 is 2.83 bits per heavy atom. The lowest BCUT2D eigenvalue weighted by atomic mass is 10.1. The van der Waals surface area contributed by atoms with Crippen LogP contribution in [0.5, 0.6) is 0 Å². The number of nitrogens with zero attached hydrogens (tertiary/aromatic N) is 1. The molecule has 1 aliphatic carbocycles. The molecule has 100 valence electrons. The maximum atomic E-state index is 11.6. The van der Waals surface area contributed by atoms with Crippen molar-refractivity contribution in [3.8, 4) is 0 Å². The van der Waals surface area contributed by atoms with Crippen molar-refractivity contribution < 1.29 is 9.53 Å². The molecular weight excluding hydrogens is 230 g/mol. The molecule has 0 aromatic carbocycles. The molecule has 0 aliphatic heterocycles. The Bertz CT molecular complexity index is 343. The second-order valence-corrected chi connectivity index (χ2v) is 4.73. The lowest BCUT2D eigenvalue weighted by Crippen LogP contribution is -2.28. The van der Waals surface area contributed by atoms with E-state index in [1.54, 1.807) is 6.20 Å². The number of carbonyl (C=O) groups is 1. The number of H-pyrrole nitrogens is 1. The van der Waals surface area contributed by atoms with Crippen LogP contribution in [0.15, 0.2) is 12.4 Å². The molecule has 18 heavy (non-hydrogen) atoms. The monoisotopic (exact) mass is 251 g/mol. The van der Waals surface area contributed by atoms with E-state index in [-0.39, 0.29) is 5.91 Å². The highest BCUT2D eigenvalue weighted by molar-refractivity contribution is 5.93. The second-order valence-electron chi connectivity index (χ2n) is 4.73. The van der Waals surface area contributed by atoms with E-state index in [4.69, 9.17) is 4.74 Å². The van der Waals surface area contributed by atoms with Crippen LogP contribution in [0.3, 0.4) is 0 Å². The minimum Gasteiger partial charge on any atom is -0.376 e. The molecule has 0 unspecified atom stereocenters. The van der Waals surface area contributed by atoms with Crippen molar-refractivity contribution in [2.24, 2.45) is 0 Å². The molecule has 1 aliphatic rings. The fraction of sp³-hybridized carbons (Fsp3) is 0.692. The predicted octanol–water partition coefficient (Wildman–Crippen LogP) is 1.88. The standard InChI is InChI=1S/C13H21N3O2/c17-13(11-9-15-16-10-11)14-7-8-18-12-5-3-1-2-4-6-12/h9-10,12H,1-8H2,(H,14,17)(H,15,16). The van der Waals surface area contributed by atoms with Crippen molar-refractivity contribution in [1.82, 2.24) is 15.5 Å². The fourth-order valence-electron chi connectivity index (χ4n) is 2.28. The van der Waals surface area contributed by atoms with E-state index in [1.165, 1.54) is 31.9 Å². The highest BCUT2D eigenvalue weighted by Crippen LogP contribution is 2.19. The van der Waals surface area contributed by atoms with Gasteiger partial charge in [0.25, 0.3) is 5.91 Å². The van der Waals surface area contributed by atoms with Crippen molar-refractivity contribution >= 4 is 5.91 Å². The first-order valence-corrected chi connectivity index (χ1v) is 6.75. The molecule has 2 N–H and O–H groups in total. The number of nitrogens with one attached hydrogen (secondary N) is 2. The number of aromatic nitrogens is 2. The summed E-state index contributed by atoms with van der Waals surface area (Å²) in [4.78, 5) is 11.6. The number of rotatable bonds is 5. The molecule has 1 aromatic heterocycles. The average Bonchev–Trinajstić information content (AvgIpc) is 2.80. The molecule has 1 fully saturated rings. The molecule has 0 atom stereocenters. The number of aromatic amines is 1. The van der Waals surface area contributed by atoms with Gasteiger partial charge in [0.05, 0.1) is 24.5 Å². The summed E-state index contributed by atoms with van der Waals surface area (Å²) in [6.45, 7) is 1.15. The first kappa shape index (κ1) is 13.1. The van der Waals surface area contributed by atoms with Gasteiger partial charge in [0, 0.05) is 12.7 Å². The van der Waals surface area contributed by atoms with Gasteiger partial charge in [0.1, 0.15) is 0 Å². The van der Waals surface area contributed by atoms with E-state index in [2.05, 4.69) is 15.5 Å². The number of ether oxygens (including phenoxy) is 1. The Balaban J connectivity index is 1.59. The van der Waals surface area contributed by atoms with Gasteiger partial charge in [-0.1, -0.05) is 25.7 Å². The summed E-state index contributed by atoms with van der Waals surface area (Å²) in [5, 5.41) is 9.17. The predicted molar refractivity (Wildman–Crippen MR) is 68.4 cm³/mol. The largest absolute Gasteiger partial charge is 0.376 e. The van der Waals surface area contributed by atoms with E-state index >= 15 is 0 Å². The molecule has 1 heterocycles. The van der Waals surface area contributed by atoms with Crippen LogP contribution in [0, 0.1) is 0 Å². The Hall–Kier alpha value is -1.36. The van der Waals surface area contributed by atoms with Crippen LogP contribution in [0.4, 0.5) is 0 Å². The quantitative estimate of drug-likeness (QED) is 0.620. The van der Waals surface area contributed by atoms with Gasteiger partial charge in [0.2, 0.25) is 0 Å². The van der Waals surface area contributed by atoms with Crippen LogP contribution in [0.25, 0.3) is 0 Å². The zero-order valence-electron chi connectivity index (χ0n) is 10.7. The third-order valence-electron chi connectivity index (χ3n) is 3.30. The topological polar surface area (TPSA) is 67.0 Å². The normalized spacial score (nSPS) is 17.3. The maximum absolute atomic E-state index is 11.6. The summed E-state index contributed by atoms with van der Waals surface area (Å²) in [5.74, 6) is -0.104. The maximum Gasteiger partial charge on any atom is 0.254 e. The fourth-order valence-corrected chi connectivity index (χ4v) is 2.28. The van der Waals surface area contributed by atoms with Gasteiger partial charge in [-0.25, -0.2) is 0 Å². The summed E-state index contributed by atoms with van der Waals surface area (Å²) in [5.41, 5.74) is 0.560. The number of amides is 1. The summed E-state index contributed by atoms with van der Waals surface area (Å²) in [6, 6.07) is 0. The summed E-state index contributed by atoms with van der Waals surface area (Å²) < 4.78 is 5.79. The van der Waals surface area contributed by atoms with E-state index in [9.17, 15) is 4.79 Å². The minimum absolute atomic E-state index is 0.104. The molecule has 1 amide bonds. The zero-order chi connectivity index (χ0) is 12.6. The van der Waals surface area contributed by atoms with E-state index in [0.29, 0.717) is 24.8 Å². The van der Waals surface area contributed by atoms with Gasteiger partial charge >= 0.3 is 0 Å². The average molecular weight is 251 g/mol. The number of carbonyl (C=O) groups excluding carboxylic acids is 1. The Kier molecular flexibility index (Phi) is 5.20. The van der Waals surface area contributed by atoms with Crippen molar-refractivity contribution in [2.45, 2.75) is 44.6 Å². The first-order valence-electron chi connectivity index (χ1n) is 6.75. The highest BCUT2D eigenvalue weighted by atomic mass is 16.5. The molecule has 0 saturated heterocycles. The second kappa shape index (κ2) is 7.16. The van der Waals surface area contributed by atoms with Gasteiger partial charge in [-0.3, -0.25) is 9.89 Å². The molecule has 1 saturated carbocycles. The van der Waals surface area contributed by atoms with Crippen molar-refractivity contribution in [3.63, 3.8) is 0 Å². The van der Waals surface area contributed by atoms with Crippen LogP contribution >= 0.6 is 0 Å². The van der Waals surface area contributed by atoms with Gasteiger partial charge in [0.15, 0.2) is 0 Å². The molecule has 0 spiro atoms. The minimum atomic E-state index is -0.104. The summed E-state index contributed by atoms with van der Waals surface area (Å²) in [7, 11) is 0. The third kappa shape index (κ3) is 4.14. The molecule has 1 aromatic rings. The molecule has 2 rings (SSSR count). The van der Waals surface area contributed by atoms with Crippen molar-refractivity contribution in [3.05, 3.63) is 18.0 Å². The lowest BCUT2D eigenvalue weighted by Gasteiger charge is -2.15. The summed E-state index contributed by atoms with van der Waals surface area (Å²) >= 11 is 0. The van der Waals surface area contributed by atoms with E-state index < -0.39 is 0 Å². The molecule has 0 radical (unpaired) electrons. The third-order valence-corrected chi connectivity index (χ3v) is 3.30.